The maximum atomic E-state index is 11.3. The molecule has 36 heavy (non-hydrogen) atoms. The Labute approximate surface area is 212 Å². The van der Waals surface area contributed by atoms with Crippen LogP contribution in [0.15, 0.2) is 78.9 Å². The van der Waals surface area contributed by atoms with Crippen LogP contribution in [0, 0.1) is 0 Å². The van der Waals surface area contributed by atoms with Crippen LogP contribution < -0.4 is 10.2 Å². The summed E-state index contributed by atoms with van der Waals surface area (Å²) in [5, 5.41) is 3.19. The van der Waals surface area contributed by atoms with Crippen LogP contribution in [-0.2, 0) is 4.79 Å². The number of imidazole rings is 1. The summed E-state index contributed by atoms with van der Waals surface area (Å²) in [6, 6.07) is 25.3. The lowest BCUT2D eigenvalue weighted by Gasteiger charge is -2.28. The number of nitrogens with one attached hydrogen (secondary N) is 2. The number of piperidine rings is 1. The van der Waals surface area contributed by atoms with Crippen LogP contribution >= 0.6 is 0 Å². The Morgan fingerprint density at radius 2 is 1.50 bits per heavy atom. The average molecular weight is 477 g/mol. The lowest BCUT2D eigenvalue weighted by Crippen LogP contribution is -2.29. The maximum absolute atomic E-state index is 11.3. The van der Waals surface area contributed by atoms with E-state index in [1.807, 2.05) is 37.4 Å². The van der Waals surface area contributed by atoms with Gasteiger partial charge in [-0.1, -0.05) is 54.6 Å². The van der Waals surface area contributed by atoms with Crippen molar-refractivity contribution in [3.05, 3.63) is 84.4 Å². The van der Waals surface area contributed by atoms with Gasteiger partial charge in [0.25, 0.3) is 0 Å². The van der Waals surface area contributed by atoms with Crippen molar-refractivity contribution in [1.29, 1.82) is 0 Å². The van der Waals surface area contributed by atoms with Gasteiger partial charge in [0.15, 0.2) is 5.78 Å². The molecule has 1 aliphatic rings. The van der Waals surface area contributed by atoms with Crippen molar-refractivity contribution in [2.24, 2.45) is 0 Å². The first kappa shape index (κ1) is 23.6. The number of benzene rings is 3. The normalized spacial score (nSPS) is 13.8. The number of rotatable bonds is 7. The molecule has 0 radical (unpaired) electrons. The van der Waals surface area contributed by atoms with Gasteiger partial charge in [0, 0.05) is 48.2 Å². The molecule has 5 nitrogen and oxygen atoms in total. The summed E-state index contributed by atoms with van der Waals surface area (Å²) in [6.07, 6.45) is 7.27. The lowest BCUT2D eigenvalue weighted by atomic mass is 10.0. The van der Waals surface area contributed by atoms with Crippen molar-refractivity contribution in [2.45, 2.75) is 26.2 Å². The highest BCUT2D eigenvalue weighted by molar-refractivity contribution is 5.91. The minimum absolute atomic E-state index is 0.0370. The lowest BCUT2D eigenvalue weighted by molar-refractivity contribution is -0.112. The van der Waals surface area contributed by atoms with Gasteiger partial charge in [0.05, 0.1) is 11.4 Å². The number of nitrogens with zero attached hydrogens (tertiary/aromatic N) is 2. The van der Waals surface area contributed by atoms with E-state index in [4.69, 9.17) is 4.98 Å². The molecule has 1 aliphatic heterocycles. The molecule has 182 valence electrons. The van der Waals surface area contributed by atoms with E-state index >= 15 is 0 Å². The quantitative estimate of drug-likeness (QED) is 0.281. The molecule has 5 rings (SSSR count). The fourth-order valence-electron chi connectivity index (χ4n) is 4.68. The van der Waals surface area contributed by atoms with Crippen LogP contribution in [0.25, 0.3) is 40.0 Å². The molecule has 0 saturated carbocycles. The Hall–Kier alpha value is -4.12. The van der Waals surface area contributed by atoms with E-state index in [2.05, 4.69) is 63.7 Å². The second-order valence-electron chi connectivity index (χ2n) is 9.30. The van der Waals surface area contributed by atoms with Gasteiger partial charge in [-0.2, -0.15) is 0 Å². The third-order valence-electron chi connectivity index (χ3n) is 6.72. The van der Waals surface area contributed by atoms with Crippen LogP contribution in [-0.4, -0.2) is 35.9 Å². The molecular weight excluding hydrogens is 444 g/mol. The molecule has 0 unspecified atom stereocenters. The van der Waals surface area contributed by atoms with Crippen molar-refractivity contribution in [2.75, 3.05) is 30.4 Å². The summed E-state index contributed by atoms with van der Waals surface area (Å²) >= 11 is 0. The highest BCUT2D eigenvalue weighted by atomic mass is 16.1. The Kier molecular flexibility index (Phi) is 6.99. The fourth-order valence-corrected chi connectivity index (χ4v) is 4.68. The average Bonchev–Trinajstić information content (AvgIpc) is 3.38. The Bertz CT molecular complexity index is 1340. The Morgan fingerprint density at radius 3 is 2.14 bits per heavy atom. The second-order valence-corrected chi connectivity index (χ2v) is 9.30. The third kappa shape index (κ3) is 5.25. The summed E-state index contributed by atoms with van der Waals surface area (Å²) in [6.45, 7) is 3.82. The van der Waals surface area contributed by atoms with Gasteiger partial charge in [0.1, 0.15) is 5.82 Å². The number of carbonyl (C=O) groups excluding carboxylic acids is 1. The molecule has 1 saturated heterocycles. The molecule has 0 atom stereocenters. The number of allylic oxidation sites excluding steroid dienone is 1. The Morgan fingerprint density at radius 1 is 0.861 bits per heavy atom. The van der Waals surface area contributed by atoms with Crippen molar-refractivity contribution in [3.8, 4) is 33.9 Å². The van der Waals surface area contributed by atoms with Gasteiger partial charge >= 0.3 is 0 Å². The predicted molar refractivity (Wildman–Crippen MR) is 150 cm³/mol. The number of aromatic amines is 1. The zero-order valence-electron chi connectivity index (χ0n) is 20.9. The number of ketones is 1. The molecule has 3 aromatic carbocycles. The highest BCUT2D eigenvalue weighted by Crippen LogP contribution is 2.35. The molecule has 4 aromatic rings. The summed E-state index contributed by atoms with van der Waals surface area (Å²) in [4.78, 5) is 22.4. The molecule has 2 N–H and O–H groups in total. The van der Waals surface area contributed by atoms with E-state index in [1.165, 1.54) is 24.9 Å². The van der Waals surface area contributed by atoms with Crippen LogP contribution in [0.4, 0.5) is 11.4 Å². The van der Waals surface area contributed by atoms with Crippen molar-refractivity contribution < 1.29 is 4.79 Å². The van der Waals surface area contributed by atoms with Crippen molar-refractivity contribution in [3.63, 3.8) is 0 Å². The minimum atomic E-state index is 0.0370. The van der Waals surface area contributed by atoms with E-state index in [9.17, 15) is 4.79 Å². The van der Waals surface area contributed by atoms with Gasteiger partial charge in [-0.15, -0.1) is 0 Å². The summed E-state index contributed by atoms with van der Waals surface area (Å²) in [5.41, 5.74) is 8.45. The monoisotopic (exact) mass is 476 g/mol. The first-order valence-corrected chi connectivity index (χ1v) is 12.6. The maximum Gasteiger partial charge on any atom is 0.152 e. The van der Waals surface area contributed by atoms with E-state index in [1.54, 1.807) is 13.0 Å². The molecule has 0 bridgehead atoms. The molecule has 0 amide bonds. The molecule has 1 aromatic heterocycles. The smallest absolute Gasteiger partial charge is 0.152 e. The molecule has 2 heterocycles. The summed E-state index contributed by atoms with van der Waals surface area (Å²) in [5.74, 6) is 0.856. The standard InChI is InChI=1S/C31H32N4O/c1-22(36)6-7-23-8-10-26(11-9-23)31-33-29(24-12-16-27(32-2)17-13-24)30(34-31)25-14-18-28(19-15-25)35-20-4-3-5-21-35/h6-19,32H,3-5,20-21H2,1-2H3,(H,33,34)/b7-6+. The number of carbonyl (C=O) groups is 1. The van der Waals surface area contributed by atoms with Gasteiger partial charge < -0.3 is 15.2 Å². The minimum Gasteiger partial charge on any atom is -0.388 e. The summed E-state index contributed by atoms with van der Waals surface area (Å²) in [7, 11) is 1.92. The van der Waals surface area contributed by atoms with Gasteiger partial charge in [0.2, 0.25) is 0 Å². The number of hydrogen-bond acceptors (Lipinski definition) is 4. The van der Waals surface area contributed by atoms with Crippen LogP contribution in [0.3, 0.4) is 0 Å². The number of H-pyrrole nitrogens is 1. The van der Waals surface area contributed by atoms with Gasteiger partial charge in [-0.25, -0.2) is 4.98 Å². The fraction of sp³-hybridized carbons (Fsp3) is 0.226. The topological polar surface area (TPSA) is 61.0 Å². The second kappa shape index (κ2) is 10.6. The number of aromatic nitrogens is 2. The van der Waals surface area contributed by atoms with E-state index in [0.29, 0.717) is 0 Å². The third-order valence-corrected chi connectivity index (χ3v) is 6.72. The first-order valence-electron chi connectivity index (χ1n) is 12.6. The molecule has 1 fully saturated rings. The van der Waals surface area contributed by atoms with Crippen LogP contribution in [0.5, 0.6) is 0 Å². The van der Waals surface area contributed by atoms with E-state index in [0.717, 1.165) is 58.2 Å². The number of hydrogen-bond donors (Lipinski definition) is 2. The summed E-state index contributed by atoms with van der Waals surface area (Å²) < 4.78 is 0. The highest BCUT2D eigenvalue weighted by Gasteiger charge is 2.17. The van der Waals surface area contributed by atoms with Crippen molar-refractivity contribution >= 4 is 23.2 Å². The Balaban J connectivity index is 1.51. The van der Waals surface area contributed by atoms with Crippen LogP contribution in [0.2, 0.25) is 0 Å². The van der Waals surface area contributed by atoms with Gasteiger partial charge in [-0.3, -0.25) is 4.79 Å². The van der Waals surface area contributed by atoms with Gasteiger partial charge in [-0.05, 0) is 62.1 Å². The predicted octanol–water partition coefficient (Wildman–Crippen LogP) is 7.04. The number of anilines is 2. The van der Waals surface area contributed by atoms with Crippen molar-refractivity contribution in [1.82, 2.24) is 9.97 Å². The molecular formula is C31H32N4O. The molecule has 5 heteroatoms. The van der Waals surface area contributed by atoms with E-state index < -0.39 is 0 Å². The zero-order valence-corrected chi connectivity index (χ0v) is 20.9. The van der Waals surface area contributed by atoms with Crippen LogP contribution in [0.1, 0.15) is 31.7 Å². The molecule has 0 spiro atoms. The SMILES string of the molecule is CNc1ccc(-c2[nH]c(-c3ccc(/C=C/C(C)=O)cc3)nc2-c2ccc(N3CCCCC3)cc2)cc1. The first-order chi connectivity index (χ1) is 17.6. The molecule has 0 aliphatic carbocycles. The van der Waals surface area contributed by atoms with E-state index in [-0.39, 0.29) is 5.78 Å². The largest absolute Gasteiger partial charge is 0.388 e. The zero-order chi connectivity index (χ0) is 24.9.